The lowest BCUT2D eigenvalue weighted by Crippen LogP contribution is -2.24. The molecule has 10 nitrogen and oxygen atoms in total. The van der Waals surface area contributed by atoms with Crippen molar-refractivity contribution in [3.8, 4) is 0 Å². The Bertz CT molecular complexity index is 359. The Labute approximate surface area is 141 Å². The molecule has 0 saturated heterocycles. The maximum absolute atomic E-state index is 9.60. The van der Waals surface area contributed by atoms with Crippen LogP contribution in [0.15, 0.2) is 12.2 Å². The fourth-order valence-electron chi connectivity index (χ4n) is 0.704. The van der Waals surface area contributed by atoms with Gasteiger partial charge in [-0.15, -0.1) is 0 Å². The Kier molecular flexibility index (Phi) is 18.3. The van der Waals surface area contributed by atoms with E-state index in [-0.39, 0.29) is 24.4 Å². The summed E-state index contributed by atoms with van der Waals surface area (Å²) in [7, 11) is -4.64. The van der Waals surface area contributed by atoms with E-state index in [9.17, 15) is 4.79 Å². The molecule has 0 aromatic rings. The molecule has 0 aliphatic rings. The number of ether oxygens (including phenoxy) is 2. The molecule has 0 heterocycles. The Morgan fingerprint density at radius 2 is 1.42 bits per heavy atom. The van der Waals surface area contributed by atoms with Crippen LogP contribution in [-0.2, 0) is 18.8 Å². The molecule has 24 heavy (non-hydrogen) atoms. The Morgan fingerprint density at radius 1 is 1.08 bits per heavy atom. The van der Waals surface area contributed by atoms with E-state index >= 15 is 0 Å². The summed E-state index contributed by atoms with van der Waals surface area (Å²) in [5.41, 5.74) is 0.176. The summed E-state index contributed by atoms with van der Waals surface area (Å²) in [5.74, 6) is -0.935. The van der Waals surface area contributed by atoms with E-state index in [0.717, 1.165) is 0 Å². The van der Waals surface area contributed by atoms with Gasteiger partial charge < -0.3 is 39.5 Å². The van der Waals surface area contributed by atoms with Crippen molar-refractivity contribution in [2.45, 2.75) is 46.0 Å². The van der Waals surface area contributed by atoms with E-state index in [0.29, 0.717) is 13.2 Å². The van der Waals surface area contributed by atoms with Crippen molar-refractivity contribution in [2.24, 2.45) is 0 Å². The minimum Gasteiger partial charge on any atom is -0.478 e. The summed E-state index contributed by atoms with van der Waals surface area (Å²) < 4.78 is 19.4. The molecular formula is C13H29O10P. The first-order valence-electron chi connectivity index (χ1n) is 6.89. The fourth-order valence-corrected chi connectivity index (χ4v) is 0.704. The lowest BCUT2D eigenvalue weighted by atomic mass is 10.4. The number of carbonyl (C=O) groups is 1. The van der Waals surface area contributed by atoms with Gasteiger partial charge in [0.25, 0.3) is 0 Å². The van der Waals surface area contributed by atoms with Crippen LogP contribution >= 0.6 is 7.82 Å². The van der Waals surface area contributed by atoms with Crippen LogP contribution in [0.5, 0.6) is 0 Å². The number of phosphoric acid groups is 1. The predicted molar refractivity (Wildman–Crippen MR) is 86.3 cm³/mol. The van der Waals surface area contributed by atoms with Gasteiger partial charge in [0.05, 0.1) is 38.1 Å². The molecular weight excluding hydrogens is 347 g/mol. The second-order valence-electron chi connectivity index (χ2n) is 4.92. The molecule has 0 bridgehead atoms. The Hall–Kier alpha value is -0.840. The van der Waals surface area contributed by atoms with Gasteiger partial charge in [0.2, 0.25) is 0 Å². The molecule has 3 unspecified atom stereocenters. The second kappa shape index (κ2) is 15.7. The fraction of sp³-hybridized carbons (Fsp3) is 0.769. The Morgan fingerprint density at radius 3 is 1.67 bits per heavy atom. The summed E-state index contributed by atoms with van der Waals surface area (Å²) >= 11 is 0. The van der Waals surface area contributed by atoms with Crippen molar-refractivity contribution < 1.29 is 48.8 Å². The molecule has 146 valence electrons. The molecule has 0 rings (SSSR count). The van der Waals surface area contributed by atoms with Gasteiger partial charge in [-0.05, 0) is 27.7 Å². The molecule has 6 N–H and O–H groups in total. The van der Waals surface area contributed by atoms with E-state index in [1.807, 2.05) is 6.92 Å². The summed E-state index contributed by atoms with van der Waals surface area (Å²) in [6, 6.07) is 0. The number of hydrogen-bond acceptors (Lipinski definition) is 6. The molecule has 3 atom stereocenters. The average Bonchev–Trinajstić information content (AvgIpc) is 2.41. The minimum atomic E-state index is -4.64. The van der Waals surface area contributed by atoms with Crippen LogP contribution in [0, 0.1) is 0 Å². The van der Waals surface area contributed by atoms with Gasteiger partial charge >= 0.3 is 13.8 Å². The highest BCUT2D eigenvalue weighted by Crippen LogP contribution is 2.25. The quantitative estimate of drug-likeness (QED) is 0.248. The number of hydrogen-bond donors (Lipinski definition) is 6. The highest BCUT2D eigenvalue weighted by atomic mass is 31.2. The third kappa shape index (κ3) is 37.4. The second-order valence-corrected chi connectivity index (χ2v) is 5.94. The van der Waals surface area contributed by atoms with Gasteiger partial charge in [-0.2, -0.15) is 0 Å². The maximum atomic E-state index is 9.60. The van der Waals surface area contributed by atoms with Crippen LogP contribution in [0.2, 0.25) is 0 Å². The molecule has 0 fully saturated rings. The maximum Gasteiger partial charge on any atom is 0.466 e. The highest BCUT2D eigenvalue weighted by Gasteiger charge is 2.07. The first kappa shape index (κ1) is 28.0. The summed E-state index contributed by atoms with van der Waals surface area (Å²) in [4.78, 5) is 31.2. The number of aliphatic carboxylic acids is 1. The van der Waals surface area contributed by atoms with Crippen molar-refractivity contribution in [2.75, 3.05) is 19.8 Å². The van der Waals surface area contributed by atoms with Gasteiger partial charge in [-0.25, -0.2) is 9.36 Å². The van der Waals surface area contributed by atoms with Crippen molar-refractivity contribution in [1.82, 2.24) is 0 Å². The van der Waals surface area contributed by atoms with Crippen LogP contribution in [0.25, 0.3) is 0 Å². The SMILES string of the molecule is C=C(C)C(=O)O.CC(O)COC(C)COC(C)CO.O=P(O)(O)O. The number of carboxylic acid groups (broad SMARTS) is 1. The molecule has 0 aromatic carbocycles. The zero-order valence-electron chi connectivity index (χ0n) is 14.3. The normalized spacial score (nSPS) is 14.2. The monoisotopic (exact) mass is 376 g/mol. The van der Waals surface area contributed by atoms with Gasteiger partial charge in [-0.1, -0.05) is 6.58 Å². The summed E-state index contributed by atoms with van der Waals surface area (Å²) in [5, 5.41) is 25.5. The lowest BCUT2D eigenvalue weighted by Gasteiger charge is -2.16. The average molecular weight is 376 g/mol. The molecule has 11 heteroatoms. The standard InChI is InChI=1S/C9H20O4.C4H6O2.H3O4P/c1-7(11)5-12-9(3)6-13-8(2)4-10;1-3(2)4(5)6;1-5(2,3)4/h7-11H,4-6H2,1-3H3;1H2,2H3,(H,5,6);(H3,1,2,3,4). The third-order valence-electron chi connectivity index (χ3n) is 1.86. The number of aliphatic hydroxyl groups excluding tert-OH is 2. The van der Waals surface area contributed by atoms with Gasteiger partial charge in [0.15, 0.2) is 0 Å². The largest absolute Gasteiger partial charge is 0.478 e. The molecule has 0 amide bonds. The van der Waals surface area contributed by atoms with Crippen molar-refractivity contribution in [3.63, 3.8) is 0 Å². The zero-order valence-corrected chi connectivity index (χ0v) is 15.2. The summed E-state index contributed by atoms with van der Waals surface area (Å²) in [6.45, 7) is 10.7. The van der Waals surface area contributed by atoms with Gasteiger partial charge in [0.1, 0.15) is 0 Å². The van der Waals surface area contributed by atoms with Crippen molar-refractivity contribution in [3.05, 3.63) is 12.2 Å². The van der Waals surface area contributed by atoms with Crippen LogP contribution < -0.4 is 0 Å². The van der Waals surface area contributed by atoms with Crippen LogP contribution in [0.1, 0.15) is 27.7 Å². The van der Waals surface area contributed by atoms with E-state index in [1.54, 1.807) is 13.8 Å². The smallest absolute Gasteiger partial charge is 0.466 e. The number of carboxylic acids is 1. The molecule has 0 aromatic heterocycles. The van der Waals surface area contributed by atoms with E-state index in [1.165, 1.54) is 6.92 Å². The van der Waals surface area contributed by atoms with Crippen LogP contribution in [0.4, 0.5) is 0 Å². The number of aliphatic hydroxyl groups is 2. The zero-order chi connectivity index (χ0) is 19.9. The molecule has 0 saturated carbocycles. The first-order valence-corrected chi connectivity index (χ1v) is 8.46. The van der Waals surface area contributed by atoms with Crippen molar-refractivity contribution in [1.29, 1.82) is 0 Å². The first-order chi connectivity index (χ1) is 10.7. The van der Waals surface area contributed by atoms with E-state index in [2.05, 4.69) is 6.58 Å². The van der Waals surface area contributed by atoms with E-state index < -0.39 is 19.9 Å². The lowest BCUT2D eigenvalue weighted by molar-refractivity contribution is -0.132. The molecule has 0 spiro atoms. The molecule has 0 aliphatic carbocycles. The third-order valence-corrected chi connectivity index (χ3v) is 1.86. The van der Waals surface area contributed by atoms with Gasteiger partial charge in [0, 0.05) is 5.57 Å². The minimum absolute atomic E-state index is 0.0170. The molecule has 0 aliphatic heterocycles. The van der Waals surface area contributed by atoms with Crippen LogP contribution in [-0.4, -0.2) is 74.1 Å². The van der Waals surface area contributed by atoms with Gasteiger partial charge in [-0.3, -0.25) is 0 Å². The number of rotatable bonds is 8. The Balaban J connectivity index is -0.000000332. The predicted octanol–water partition coefficient (Wildman–Crippen LogP) is -0.112. The molecule has 0 radical (unpaired) electrons. The van der Waals surface area contributed by atoms with E-state index in [4.69, 9.17) is 44.0 Å². The highest BCUT2D eigenvalue weighted by molar-refractivity contribution is 7.45. The van der Waals surface area contributed by atoms with Crippen molar-refractivity contribution >= 4 is 13.8 Å². The topological polar surface area (TPSA) is 174 Å². The summed E-state index contributed by atoms with van der Waals surface area (Å²) in [6.07, 6.45) is -0.654. The van der Waals surface area contributed by atoms with Crippen LogP contribution in [0.3, 0.4) is 0 Å².